The molecular formula is C16H15Br3FN. The molecule has 0 aliphatic heterocycles. The first-order valence-electron chi connectivity index (χ1n) is 6.63. The van der Waals surface area contributed by atoms with Crippen molar-refractivity contribution in [2.45, 2.75) is 19.4 Å². The third-order valence-electron chi connectivity index (χ3n) is 3.22. The van der Waals surface area contributed by atoms with Crippen molar-refractivity contribution >= 4 is 47.8 Å². The van der Waals surface area contributed by atoms with Crippen LogP contribution in [0.25, 0.3) is 0 Å². The van der Waals surface area contributed by atoms with E-state index in [9.17, 15) is 4.39 Å². The number of hydrogen-bond donors (Lipinski definition) is 1. The molecule has 1 unspecified atom stereocenters. The Kier molecular flexibility index (Phi) is 6.41. The van der Waals surface area contributed by atoms with Crippen molar-refractivity contribution in [3.63, 3.8) is 0 Å². The summed E-state index contributed by atoms with van der Waals surface area (Å²) in [6, 6.07) is 11.0. The Morgan fingerprint density at radius 1 is 1.05 bits per heavy atom. The lowest BCUT2D eigenvalue weighted by Gasteiger charge is -2.21. The number of hydrogen-bond acceptors (Lipinski definition) is 1. The summed E-state index contributed by atoms with van der Waals surface area (Å²) < 4.78 is 16.5. The summed E-state index contributed by atoms with van der Waals surface area (Å²) in [5.74, 6) is -0.210. The van der Waals surface area contributed by atoms with Gasteiger partial charge in [0.1, 0.15) is 5.82 Å². The minimum atomic E-state index is -0.210. The van der Waals surface area contributed by atoms with Crippen LogP contribution in [0.5, 0.6) is 0 Å². The largest absolute Gasteiger partial charge is 0.310 e. The highest BCUT2D eigenvalue weighted by Gasteiger charge is 2.16. The predicted molar refractivity (Wildman–Crippen MR) is 96.1 cm³/mol. The SMILES string of the molecule is CCNC(Cc1cc(F)ccc1Br)c1ccc(Br)cc1Br. The average Bonchev–Trinajstić information content (AvgIpc) is 2.42. The summed E-state index contributed by atoms with van der Waals surface area (Å²) in [4.78, 5) is 0. The van der Waals surface area contributed by atoms with Crippen LogP contribution in [0, 0.1) is 5.82 Å². The summed E-state index contributed by atoms with van der Waals surface area (Å²) in [6.07, 6.45) is 0.715. The fraction of sp³-hybridized carbons (Fsp3) is 0.250. The Bertz CT molecular complexity index is 631. The summed E-state index contributed by atoms with van der Waals surface area (Å²) >= 11 is 10.6. The maximum absolute atomic E-state index is 13.5. The number of benzene rings is 2. The molecule has 1 atom stereocenters. The topological polar surface area (TPSA) is 12.0 Å². The molecule has 0 spiro atoms. The quantitative estimate of drug-likeness (QED) is 0.554. The van der Waals surface area contributed by atoms with Crippen LogP contribution < -0.4 is 5.32 Å². The van der Waals surface area contributed by atoms with E-state index in [4.69, 9.17) is 0 Å². The van der Waals surface area contributed by atoms with Gasteiger partial charge in [-0.3, -0.25) is 0 Å². The first-order chi connectivity index (χ1) is 10.0. The highest BCUT2D eigenvalue weighted by atomic mass is 79.9. The van der Waals surface area contributed by atoms with E-state index in [1.807, 2.05) is 12.1 Å². The van der Waals surface area contributed by atoms with Crippen molar-refractivity contribution < 1.29 is 4.39 Å². The maximum atomic E-state index is 13.5. The van der Waals surface area contributed by atoms with Crippen molar-refractivity contribution in [1.82, 2.24) is 5.32 Å². The van der Waals surface area contributed by atoms with Crippen molar-refractivity contribution in [3.8, 4) is 0 Å². The Hall–Kier alpha value is -0.230. The lowest BCUT2D eigenvalue weighted by molar-refractivity contribution is 0.544. The van der Waals surface area contributed by atoms with Crippen LogP contribution in [0.15, 0.2) is 49.8 Å². The molecule has 0 heterocycles. The summed E-state index contributed by atoms with van der Waals surface area (Å²) in [6.45, 7) is 2.92. The first-order valence-corrected chi connectivity index (χ1v) is 9.01. The second-order valence-electron chi connectivity index (χ2n) is 4.72. The first kappa shape index (κ1) is 17.1. The standard InChI is InChI=1S/C16H15Br3FN/c1-2-21-16(13-5-3-11(17)9-15(13)19)8-10-7-12(20)4-6-14(10)18/h3-7,9,16,21H,2,8H2,1H3. The van der Waals surface area contributed by atoms with Gasteiger partial charge < -0.3 is 5.32 Å². The van der Waals surface area contributed by atoms with Gasteiger partial charge in [-0.15, -0.1) is 0 Å². The molecule has 0 radical (unpaired) electrons. The van der Waals surface area contributed by atoms with Gasteiger partial charge in [-0.1, -0.05) is 60.8 Å². The molecule has 0 bridgehead atoms. The van der Waals surface area contributed by atoms with Crippen molar-refractivity contribution in [2.24, 2.45) is 0 Å². The van der Waals surface area contributed by atoms with Crippen LogP contribution in [-0.4, -0.2) is 6.54 Å². The van der Waals surface area contributed by atoms with E-state index in [1.165, 1.54) is 6.07 Å². The van der Waals surface area contributed by atoms with Crippen LogP contribution in [0.3, 0.4) is 0 Å². The molecule has 0 aliphatic rings. The number of rotatable bonds is 5. The fourth-order valence-corrected chi connectivity index (χ4v) is 3.97. The third-order valence-corrected chi connectivity index (χ3v) is 5.17. The molecule has 0 fully saturated rings. The van der Waals surface area contributed by atoms with E-state index in [1.54, 1.807) is 12.1 Å². The predicted octanol–water partition coefficient (Wildman–Crippen LogP) is 6.01. The minimum absolute atomic E-state index is 0.121. The van der Waals surface area contributed by atoms with Crippen molar-refractivity contribution in [3.05, 3.63) is 66.8 Å². The van der Waals surface area contributed by atoms with E-state index < -0.39 is 0 Å². The lowest BCUT2D eigenvalue weighted by atomic mass is 9.98. The van der Waals surface area contributed by atoms with Crippen LogP contribution in [0.1, 0.15) is 24.1 Å². The Balaban J connectivity index is 2.32. The summed E-state index contributed by atoms with van der Waals surface area (Å²) in [7, 11) is 0. The van der Waals surface area contributed by atoms with Gasteiger partial charge >= 0.3 is 0 Å². The molecule has 0 aromatic heterocycles. The third kappa shape index (κ3) is 4.62. The molecule has 0 aliphatic carbocycles. The molecular weight excluding hydrogens is 465 g/mol. The Morgan fingerprint density at radius 2 is 1.81 bits per heavy atom. The summed E-state index contributed by atoms with van der Waals surface area (Å²) in [5, 5.41) is 3.47. The zero-order valence-electron chi connectivity index (χ0n) is 11.5. The fourth-order valence-electron chi connectivity index (χ4n) is 2.24. The number of likely N-dealkylation sites (N-methyl/N-ethyl adjacent to an activating group) is 1. The molecule has 5 heteroatoms. The molecule has 1 nitrogen and oxygen atoms in total. The second-order valence-corrected chi connectivity index (χ2v) is 7.34. The number of nitrogens with one attached hydrogen (secondary N) is 1. The molecule has 1 N–H and O–H groups in total. The van der Waals surface area contributed by atoms with Crippen molar-refractivity contribution in [1.29, 1.82) is 0 Å². The molecule has 0 saturated carbocycles. The highest BCUT2D eigenvalue weighted by molar-refractivity contribution is 9.11. The Labute approximate surface area is 149 Å². The average molecular weight is 480 g/mol. The zero-order valence-corrected chi connectivity index (χ0v) is 16.2. The van der Waals surface area contributed by atoms with Crippen LogP contribution in [0.2, 0.25) is 0 Å². The van der Waals surface area contributed by atoms with Gasteiger partial charge in [-0.05, 0) is 54.4 Å². The molecule has 21 heavy (non-hydrogen) atoms. The van der Waals surface area contributed by atoms with Crippen molar-refractivity contribution in [2.75, 3.05) is 6.54 Å². The van der Waals surface area contributed by atoms with E-state index in [0.29, 0.717) is 6.42 Å². The van der Waals surface area contributed by atoms with E-state index in [-0.39, 0.29) is 11.9 Å². The highest BCUT2D eigenvalue weighted by Crippen LogP contribution is 2.30. The normalized spacial score (nSPS) is 12.4. The van der Waals surface area contributed by atoms with Gasteiger partial charge in [0.25, 0.3) is 0 Å². The molecule has 2 aromatic carbocycles. The van der Waals surface area contributed by atoms with Gasteiger partial charge in [-0.2, -0.15) is 0 Å². The molecule has 0 amide bonds. The minimum Gasteiger partial charge on any atom is -0.310 e. The monoisotopic (exact) mass is 477 g/mol. The lowest BCUT2D eigenvalue weighted by Crippen LogP contribution is -2.23. The van der Waals surface area contributed by atoms with Gasteiger partial charge in [0.15, 0.2) is 0 Å². The van der Waals surface area contributed by atoms with E-state index >= 15 is 0 Å². The molecule has 2 aromatic rings. The van der Waals surface area contributed by atoms with E-state index in [2.05, 4.69) is 66.1 Å². The zero-order chi connectivity index (χ0) is 15.4. The second kappa shape index (κ2) is 7.86. The maximum Gasteiger partial charge on any atom is 0.123 e. The Morgan fingerprint density at radius 3 is 2.48 bits per heavy atom. The van der Waals surface area contributed by atoms with Gasteiger partial charge in [0.2, 0.25) is 0 Å². The van der Waals surface area contributed by atoms with Crippen LogP contribution in [-0.2, 0) is 6.42 Å². The van der Waals surface area contributed by atoms with Gasteiger partial charge in [-0.25, -0.2) is 4.39 Å². The smallest absolute Gasteiger partial charge is 0.123 e. The van der Waals surface area contributed by atoms with Crippen LogP contribution >= 0.6 is 47.8 Å². The molecule has 112 valence electrons. The molecule has 0 saturated heterocycles. The molecule has 2 rings (SSSR count). The van der Waals surface area contributed by atoms with E-state index in [0.717, 1.165) is 31.1 Å². The number of halogens is 4. The van der Waals surface area contributed by atoms with Gasteiger partial charge in [0.05, 0.1) is 0 Å². The summed E-state index contributed by atoms with van der Waals surface area (Å²) in [5.41, 5.74) is 2.12. The van der Waals surface area contributed by atoms with Crippen LogP contribution in [0.4, 0.5) is 4.39 Å². The van der Waals surface area contributed by atoms with Gasteiger partial charge in [0, 0.05) is 19.5 Å².